The molecule has 1 fully saturated rings. The van der Waals surface area contributed by atoms with Crippen LogP contribution in [0.3, 0.4) is 0 Å². The lowest BCUT2D eigenvalue weighted by Crippen LogP contribution is -2.44. The van der Waals surface area contributed by atoms with Crippen LogP contribution in [0.5, 0.6) is 11.5 Å². The lowest BCUT2D eigenvalue weighted by atomic mass is 9.83. The van der Waals surface area contributed by atoms with Gasteiger partial charge in [-0.15, -0.1) is 0 Å². The summed E-state index contributed by atoms with van der Waals surface area (Å²) in [5.74, 6) is 4.63. The topological polar surface area (TPSA) is 31.0 Å². The van der Waals surface area contributed by atoms with Crippen molar-refractivity contribution in [2.75, 3.05) is 0 Å². The predicted molar refractivity (Wildman–Crippen MR) is 170 cm³/mol. The van der Waals surface area contributed by atoms with Gasteiger partial charge >= 0.3 is 0 Å². The van der Waals surface area contributed by atoms with E-state index in [1.54, 1.807) is 0 Å². The van der Waals surface area contributed by atoms with Crippen LogP contribution in [0.4, 0.5) is 0 Å². The Morgan fingerprint density at radius 3 is 1.90 bits per heavy atom. The van der Waals surface area contributed by atoms with Crippen molar-refractivity contribution in [1.29, 1.82) is 0 Å². The average Bonchev–Trinajstić information content (AvgIpc) is 3.61. The van der Waals surface area contributed by atoms with E-state index in [0.29, 0.717) is 0 Å². The van der Waals surface area contributed by atoms with E-state index in [2.05, 4.69) is 89.3 Å². The van der Waals surface area contributed by atoms with E-state index in [4.69, 9.17) is 13.9 Å². The van der Waals surface area contributed by atoms with Gasteiger partial charge in [0.15, 0.2) is 0 Å². The summed E-state index contributed by atoms with van der Waals surface area (Å²) < 4.78 is 20.2. The summed E-state index contributed by atoms with van der Waals surface area (Å²) in [4.78, 5) is 0. The summed E-state index contributed by atoms with van der Waals surface area (Å²) >= 11 is 0. The molecule has 5 atom stereocenters. The van der Waals surface area contributed by atoms with Gasteiger partial charge in [-0.05, 0) is 93.1 Å². The number of fused-ring (bicyclic) bond motifs is 3. The summed E-state index contributed by atoms with van der Waals surface area (Å²) in [6.45, 7) is 30.1. The first kappa shape index (κ1) is 32.5. The molecule has 39 heavy (non-hydrogen) atoms. The minimum atomic E-state index is -1.95. The summed E-state index contributed by atoms with van der Waals surface area (Å²) in [5, 5.41) is 0.159. The number of ether oxygens (including phenoxy) is 2. The van der Waals surface area contributed by atoms with Crippen LogP contribution in [-0.2, 0) is 4.74 Å². The molecule has 2 aliphatic rings. The fraction of sp³-hybridized carbons (Fsp3) is 0.829. The lowest BCUT2D eigenvalue weighted by molar-refractivity contribution is 0.0407. The Morgan fingerprint density at radius 1 is 0.821 bits per heavy atom. The van der Waals surface area contributed by atoms with Crippen molar-refractivity contribution in [2.45, 2.75) is 170 Å². The maximum absolute atomic E-state index is 6.90. The Bertz CT molecular complexity index is 975. The molecule has 0 radical (unpaired) electrons. The standard InChI is InChI=1S/C35H62O3Si/c1-23(2)17-14-18-24(3)19-15-20-25(4)21-16-22-35(11)33-32(36-33)29-28(7)30(26(5)27(6)31(29)37-35)38-39(12,13)34(8,9)10/h23-25,32-33H,14-22H2,1-13H3/t24-,25-,32+,33+,35-/m1/s1. The summed E-state index contributed by atoms with van der Waals surface area (Å²) in [6, 6.07) is 0. The molecule has 1 aromatic rings. The molecule has 0 aliphatic carbocycles. The number of epoxide rings is 1. The van der Waals surface area contributed by atoms with Crippen molar-refractivity contribution in [2.24, 2.45) is 17.8 Å². The van der Waals surface area contributed by atoms with Gasteiger partial charge in [0.2, 0.25) is 0 Å². The third-order valence-corrected chi connectivity index (χ3v) is 14.7. The molecule has 2 heterocycles. The van der Waals surface area contributed by atoms with Crippen molar-refractivity contribution in [3.8, 4) is 11.5 Å². The largest absolute Gasteiger partial charge is 0.543 e. The molecular weight excluding hydrogens is 496 g/mol. The first-order valence-corrected chi connectivity index (χ1v) is 19.1. The van der Waals surface area contributed by atoms with Gasteiger partial charge in [0.05, 0.1) is 0 Å². The predicted octanol–water partition coefficient (Wildman–Crippen LogP) is 11.0. The van der Waals surface area contributed by atoms with Gasteiger partial charge in [0.1, 0.15) is 29.3 Å². The smallest absolute Gasteiger partial charge is 0.250 e. The Balaban J connectivity index is 1.58. The number of rotatable bonds is 14. The van der Waals surface area contributed by atoms with E-state index in [1.807, 2.05) is 0 Å². The van der Waals surface area contributed by atoms with Gasteiger partial charge in [-0.2, -0.15) is 0 Å². The molecular formula is C35H62O3Si. The second kappa shape index (κ2) is 12.5. The van der Waals surface area contributed by atoms with Crippen LogP contribution < -0.4 is 9.16 Å². The Hall–Kier alpha value is -1.00. The van der Waals surface area contributed by atoms with Crippen LogP contribution in [-0.4, -0.2) is 20.0 Å². The molecule has 4 heteroatoms. The molecule has 0 spiro atoms. The molecule has 224 valence electrons. The minimum absolute atomic E-state index is 0.148. The Morgan fingerprint density at radius 2 is 1.36 bits per heavy atom. The van der Waals surface area contributed by atoms with E-state index in [0.717, 1.165) is 35.7 Å². The van der Waals surface area contributed by atoms with Crippen LogP contribution in [0.25, 0.3) is 0 Å². The second-order valence-corrected chi connectivity index (χ2v) is 20.3. The van der Waals surface area contributed by atoms with Crippen molar-refractivity contribution < 1.29 is 13.9 Å². The SMILES string of the molecule is Cc1c(C)c2c(c(C)c1O[Si](C)(C)C(C)(C)C)[C@@H]1O[C@@H]1[C@@](C)(CCC[C@H](C)CCC[C@H](C)CCCC(C)C)O2. The third-order valence-electron chi connectivity index (χ3n) is 10.4. The number of hydrogen-bond donors (Lipinski definition) is 0. The highest BCUT2D eigenvalue weighted by Crippen LogP contribution is 2.59. The van der Waals surface area contributed by atoms with Gasteiger partial charge in [0, 0.05) is 5.56 Å². The van der Waals surface area contributed by atoms with Crippen LogP contribution in [0.1, 0.15) is 142 Å². The highest BCUT2D eigenvalue weighted by Gasteiger charge is 2.60. The Kier molecular flexibility index (Phi) is 10.4. The first-order valence-electron chi connectivity index (χ1n) is 16.2. The lowest BCUT2D eigenvalue weighted by Gasteiger charge is -2.39. The molecule has 3 rings (SSSR count). The second-order valence-electron chi connectivity index (χ2n) is 15.6. The quantitative estimate of drug-likeness (QED) is 0.168. The number of hydrogen-bond acceptors (Lipinski definition) is 3. The van der Waals surface area contributed by atoms with Gasteiger partial charge in [-0.1, -0.05) is 93.4 Å². The maximum atomic E-state index is 6.90. The molecule has 0 aromatic heterocycles. The van der Waals surface area contributed by atoms with Crippen LogP contribution in [0, 0.1) is 38.5 Å². The highest BCUT2D eigenvalue weighted by molar-refractivity contribution is 6.74. The minimum Gasteiger partial charge on any atom is -0.543 e. The van der Waals surface area contributed by atoms with Crippen LogP contribution >= 0.6 is 0 Å². The maximum Gasteiger partial charge on any atom is 0.250 e. The van der Waals surface area contributed by atoms with Crippen molar-refractivity contribution in [3.05, 3.63) is 22.3 Å². The van der Waals surface area contributed by atoms with E-state index in [-0.39, 0.29) is 22.8 Å². The molecule has 2 aliphatic heterocycles. The van der Waals surface area contributed by atoms with Gasteiger partial charge in [-0.25, -0.2) is 0 Å². The molecule has 1 saturated heterocycles. The highest BCUT2D eigenvalue weighted by atomic mass is 28.4. The van der Waals surface area contributed by atoms with Gasteiger partial charge in [-0.3, -0.25) is 0 Å². The monoisotopic (exact) mass is 558 g/mol. The van der Waals surface area contributed by atoms with E-state index in [9.17, 15) is 0 Å². The molecule has 0 amide bonds. The molecule has 0 unspecified atom stereocenters. The van der Waals surface area contributed by atoms with Crippen molar-refractivity contribution >= 4 is 8.32 Å². The fourth-order valence-electron chi connectivity index (χ4n) is 6.21. The molecule has 0 bridgehead atoms. The fourth-order valence-corrected chi connectivity index (χ4v) is 7.33. The van der Waals surface area contributed by atoms with Gasteiger partial charge in [0.25, 0.3) is 8.32 Å². The zero-order valence-corrected chi connectivity index (χ0v) is 29.0. The van der Waals surface area contributed by atoms with Crippen LogP contribution in [0.2, 0.25) is 18.1 Å². The molecule has 0 saturated carbocycles. The van der Waals surface area contributed by atoms with Crippen molar-refractivity contribution in [3.63, 3.8) is 0 Å². The third kappa shape index (κ3) is 7.64. The van der Waals surface area contributed by atoms with E-state index < -0.39 is 8.32 Å². The zero-order chi connectivity index (χ0) is 29.3. The summed E-state index contributed by atoms with van der Waals surface area (Å²) in [5.41, 5.74) is 4.67. The average molecular weight is 559 g/mol. The Labute approximate surface area is 243 Å². The summed E-state index contributed by atoms with van der Waals surface area (Å²) in [7, 11) is -1.95. The van der Waals surface area contributed by atoms with E-state index >= 15 is 0 Å². The summed E-state index contributed by atoms with van der Waals surface area (Å²) in [6.07, 6.45) is 12.1. The molecule has 3 nitrogen and oxygen atoms in total. The van der Waals surface area contributed by atoms with Gasteiger partial charge < -0.3 is 13.9 Å². The number of benzene rings is 1. The zero-order valence-electron chi connectivity index (χ0n) is 28.0. The van der Waals surface area contributed by atoms with E-state index in [1.165, 1.54) is 73.6 Å². The molecule has 1 aromatic carbocycles. The molecule has 0 N–H and O–H groups in total. The van der Waals surface area contributed by atoms with Crippen LogP contribution in [0.15, 0.2) is 0 Å². The first-order chi connectivity index (χ1) is 18.0. The normalized spacial score (nSPS) is 24.2. The van der Waals surface area contributed by atoms with Crippen molar-refractivity contribution in [1.82, 2.24) is 0 Å².